The van der Waals surface area contributed by atoms with Crippen LogP contribution in [-0.4, -0.2) is 62.7 Å². The van der Waals surface area contributed by atoms with E-state index in [9.17, 15) is 9.90 Å². The van der Waals surface area contributed by atoms with Crippen LogP contribution in [0.5, 0.6) is 5.75 Å². The van der Waals surface area contributed by atoms with Gasteiger partial charge in [-0.15, -0.1) is 13.2 Å². The standard InChI is InChI=1S/C37H52N4O6/c1-11-13-25(4)46-30-21-24(3)14-15-29(30)27(6)44-23-28-22-31-38-26(5)32(33(35(42)43)47-36(7,8)9)34(41(31)39-28)40-18-16-37(10,17-19-40)45-20-12-2/h11-12,14-15,21-22,25,27,33H,1-2,13,16-20,23H2,3-10H3,(H,42,43)/t25-,27?,33?/m0/s1. The number of ether oxygens (including phenoxy) is 4. The maximum Gasteiger partial charge on any atom is 0.337 e. The van der Waals surface area contributed by atoms with Gasteiger partial charge in [-0.3, -0.25) is 0 Å². The number of hydrogen-bond acceptors (Lipinski definition) is 8. The maximum atomic E-state index is 12.7. The molecule has 3 heterocycles. The molecule has 1 saturated heterocycles. The van der Waals surface area contributed by atoms with E-state index in [4.69, 9.17) is 29.0 Å². The Labute approximate surface area is 279 Å². The summed E-state index contributed by atoms with van der Waals surface area (Å²) in [6, 6.07) is 8.02. The zero-order valence-electron chi connectivity index (χ0n) is 29.3. The van der Waals surface area contributed by atoms with Crippen molar-refractivity contribution in [1.29, 1.82) is 0 Å². The zero-order chi connectivity index (χ0) is 34.5. The molecule has 2 unspecified atom stereocenters. The normalized spacial score (nSPS) is 16.9. The van der Waals surface area contributed by atoms with Crippen molar-refractivity contribution in [1.82, 2.24) is 14.6 Å². The number of carboxylic acid groups (broad SMARTS) is 1. The van der Waals surface area contributed by atoms with E-state index in [1.54, 1.807) is 10.6 Å². The quantitative estimate of drug-likeness (QED) is 0.168. The molecule has 3 atom stereocenters. The third-order valence-electron chi connectivity index (χ3n) is 8.40. The molecule has 1 N–H and O–H groups in total. The molecule has 1 aliphatic rings. The molecule has 0 amide bonds. The Kier molecular flexibility index (Phi) is 11.5. The van der Waals surface area contributed by atoms with Gasteiger partial charge in [0.1, 0.15) is 11.6 Å². The fourth-order valence-corrected chi connectivity index (χ4v) is 5.91. The molecule has 0 saturated carbocycles. The lowest BCUT2D eigenvalue weighted by Gasteiger charge is -2.41. The van der Waals surface area contributed by atoms with Gasteiger partial charge in [-0.25, -0.2) is 9.78 Å². The van der Waals surface area contributed by atoms with Gasteiger partial charge in [-0.1, -0.05) is 24.3 Å². The van der Waals surface area contributed by atoms with Crippen molar-refractivity contribution in [3.8, 4) is 5.75 Å². The molecular formula is C37H52N4O6. The number of fused-ring (bicyclic) bond motifs is 1. The van der Waals surface area contributed by atoms with Crippen molar-refractivity contribution >= 4 is 17.4 Å². The summed E-state index contributed by atoms with van der Waals surface area (Å²) in [5.41, 5.74) is 3.41. The van der Waals surface area contributed by atoms with Gasteiger partial charge >= 0.3 is 5.97 Å². The van der Waals surface area contributed by atoms with E-state index in [1.165, 1.54) is 0 Å². The Morgan fingerprint density at radius 1 is 1.13 bits per heavy atom. The van der Waals surface area contributed by atoms with E-state index in [1.807, 2.05) is 72.7 Å². The van der Waals surface area contributed by atoms with Crippen LogP contribution in [0.2, 0.25) is 0 Å². The zero-order valence-corrected chi connectivity index (χ0v) is 29.3. The van der Waals surface area contributed by atoms with Gasteiger partial charge in [-0.05, 0) is 79.9 Å². The smallest absolute Gasteiger partial charge is 0.337 e. The molecule has 47 heavy (non-hydrogen) atoms. The second kappa shape index (κ2) is 15.0. The van der Waals surface area contributed by atoms with Crippen LogP contribution in [0.3, 0.4) is 0 Å². The number of aromatic nitrogens is 3. The Morgan fingerprint density at radius 2 is 1.83 bits per heavy atom. The predicted molar refractivity (Wildman–Crippen MR) is 184 cm³/mol. The van der Waals surface area contributed by atoms with Gasteiger partial charge in [0.05, 0.1) is 47.9 Å². The van der Waals surface area contributed by atoms with Gasteiger partial charge < -0.3 is 29.0 Å². The number of nitrogens with zero attached hydrogens (tertiary/aromatic N) is 4. The van der Waals surface area contributed by atoms with E-state index in [0.29, 0.717) is 48.1 Å². The molecule has 1 fully saturated rings. The second-order valence-electron chi connectivity index (χ2n) is 13.8. The molecule has 0 bridgehead atoms. The summed E-state index contributed by atoms with van der Waals surface area (Å²) in [5, 5.41) is 15.3. The van der Waals surface area contributed by atoms with E-state index >= 15 is 0 Å². The summed E-state index contributed by atoms with van der Waals surface area (Å²) in [7, 11) is 0. The average molecular weight is 649 g/mol. The summed E-state index contributed by atoms with van der Waals surface area (Å²) >= 11 is 0. The minimum absolute atomic E-state index is 0.0151. The van der Waals surface area contributed by atoms with Crippen molar-refractivity contribution in [2.24, 2.45) is 0 Å². The molecule has 4 rings (SSSR count). The van der Waals surface area contributed by atoms with Gasteiger partial charge in [0.15, 0.2) is 11.8 Å². The maximum absolute atomic E-state index is 12.7. The van der Waals surface area contributed by atoms with Crippen LogP contribution in [0.4, 0.5) is 5.82 Å². The van der Waals surface area contributed by atoms with Crippen LogP contribution in [0.25, 0.3) is 5.65 Å². The van der Waals surface area contributed by atoms with Crippen molar-refractivity contribution < 1.29 is 28.8 Å². The van der Waals surface area contributed by atoms with Gasteiger partial charge in [0.25, 0.3) is 0 Å². The number of anilines is 1. The van der Waals surface area contributed by atoms with Crippen molar-refractivity contribution in [3.63, 3.8) is 0 Å². The highest BCUT2D eigenvalue weighted by atomic mass is 16.5. The number of piperidine rings is 1. The van der Waals surface area contributed by atoms with Crippen molar-refractivity contribution in [2.75, 3.05) is 24.6 Å². The average Bonchev–Trinajstić information content (AvgIpc) is 3.39. The van der Waals surface area contributed by atoms with E-state index < -0.39 is 17.7 Å². The second-order valence-corrected chi connectivity index (χ2v) is 13.8. The highest BCUT2D eigenvalue weighted by Crippen LogP contribution is 2.38. The Hall–Kier alpha value is -3.73. The minimum atomic E-state index is -1.24. The molecule has 1 aliphatic heterocycles. The van der Waals surface area contributed by atoms with Gasteiger partial charge in [0, 0.05) is 36.8 Å². The highest BCUT2D eigenvalue weighted by molar-refractivity contribution is 5.78. The lowest BCUT2D eigenvalue weighted by molar-refractivity contribution is -0.160. The van der Waals surface area contributed by atoms with Crippen LogP contribution in [0, 0.1) is 13.8 Å². The third kappa shape index (κ3) is 9.00. The highest BCUT2D eigenvalue weighted by Gasteiger charge is 2.37. The number of aryl methyl sites for hydroxylation is 2. The Balaban J connectivity index is 1.70. The molecule has 2 aromatic heterocycles. The lowest BCUT2D eigenvalue weighted by Crippen LogP contribution is -2.45. The molecule has 0 radical (unpaired) electrons. The van der Waals surface area contributed by atoms with Crippen molar-refractivity contribution in [2.45, 2.75) is 111 Å². The fourth-order valence-electron chi connectivity index (χ4n) is 5.91. The molecule has 10 nitrogen and oxygen atoms in total. The number of rotatable bonds is 15. The topological polar surface area (TPSA) is 108 Å². The van der Waals surface area contributed by atoms with Crippen LogP contribution in [0.1, 0.15) is 101 Å². The number of aliphatic carboxylic acids is 1. The number of carbonyl (C=O) groups is 1. The lowest BCUT2D eigenvalue weighted by atomic mass is 9.92. The first-order valence-electron chi connectivity index (χ1n) is 16.4. The van der Waals surface area contributed by atoms with Crippen LogP contribution < -0.4 is 9.64 Å². The van der Waals surface area contributed by atoms with Crippen LogP contribution in [0.15, 0.2) is 49.6 Å². The summed E-state index contributed by atoms with van der Waals surface area (Å²) in [4.78, 5) is 19.7. The number of benzene rings is 1. The SMILES string of the molecule is C=CCOC1(C)CCN(c2c(C(OC(C)(C)C)C(=O)O)c(C)nc3cc(COC(C)c4ccc(C)cc4O[C@@H](C)CC=C)nn23)CC1. The fraction of sp³-hybridized carbons (Fsp3) is 0.541. The van der Waals surface area contributed by atoms with Gasteiger partial charge in [-0.2, -0.15) is 9.61 Å². The first kappa shape index (κ1) is 36.1. The molecule has 256 valence electrons. The third-order valence-corrected chi connectivity index (χ3v) is 8.40. The summed E-state index contributed by atoms with van der Waals surface area (Å²) < 4.78 is 26.6. The molecule has 10 heteroatoms. The van der Waals surface area contributed by atoms with E-state index in [0.717, 1.165) is 36.1 Å². The molecule has 0 aliphatic carbocycles. The summed E-state index contributed by atoms with van der Waals surface area (Å²) in [5.74, 6) is 0.378. The monoisotopic (exact) mass is 648 g/mol. The Bertz CT molecular complexity index is 1570. The summed E-state index contributed by atoms with van der Waals surface area (Å²) in [6.07, 6.45) is 4.33. The van der Waals surface area contributed by atoms with Crippen molar-refractivity contribution in [3.05, 3.63) is 77.7 Å². The van der Waals surface area contributed by atoms with Crippen LogP contribution in [-0.2, 0) is 25.6 Å². The number of carboxylic acids is 1. The summed E-state index contributed by atoms with van der Waals surface area (Å²) in [6.45, 7) is 25.2. The molecule has 3 aromatic rings. The van der Waals surface area contributed by atoms with Gasteiger partial charge in [0.2, 0.25) is 0 Å². The predicted octanol–water partition coefficient (Wildman–Crippen LogP) is 7.47. The first-order valence-corrected chi connectivity index (χ1v) is 16.4. The van der Waals surface area contributed by atoms with Crippen LogP contribution >= 0.6 is 0 Å². The van der Waals surface area contributed by atoms with E-state index in [-0.39, 0.29) is 24.4 Å². The Morgan fingerprint density at radius 3 is 2.45 bits per heavy atom. The molecule has 0 spiro atoms. The first-order chi connectivity index (χ1) is 22.1. The largest absolute Gasteiger partial charge is 0.490 e. The number of hydrogen-bond donors (Lipinski definition) is 1. The van der Waals surface area contributed by atoms with E-state index in [2.05, 4.69) is 31.0 Å². The minimum Gasteiger partial charge on any atom is -0.490 e. The molecular weight excluding hydrogens is 596 g/mol. The molecule has 1 aromatic carbocycles.